The van der Waals surface area contributed by atoms with Crippen LogP contribution in [0, 0.1) is 17.8 Å². The standard InChI is InChI=1S/C27H31BN2O6/c1-3-16-13-20-25(27(33)30(2)26(20)32)21-14-28(34)36-23(24(16)21)10-7-17(22-6-4-5-11-29-22)12-18-8-9-19(15-31)35-18/h4-6,8-9,11-12,20-21,23,25,31,34H,3,7,10,13-15H2,1-2H3/b17-12-/t20-,21+,23-,25-/m1/s1. The summed E-state index contributed by atoms with van der Waals surface area (Å²) in [6.07, 6.45) is 6.13. The highest BCUT2D eigenvalue weighted by molar-refractivity contribution is 6.43. The average molecular weight is 490 g/mol. The first kappa shape index (κ1) is 24.7. The first-order chi connectivity index (χ1) is 17.4. The van der Waals surface area contributed by atoms with Crippen LogP contribution in [0.3, 0.4) is 0 Å². The van der Waals surface area contributed by atoms with Crippen molar-refractivity contribution in [2.24, 2.45) is 17.8 Å². The molecule has 8 nitrogen and oxygen atoms in total. The van der Waals surface area contributed by atoms with E-state index in [1.165, 1.54) is 4.90 Å². The van der Waals surface area contributed by atoms with Gasteiger partial charge in [-0.2, -0.15) is 0 Å². The molecule has 2 N–H and O–H groups in total. The van der Waals surface area contributed by atoms with Gasteiger partial charge in [0, 0.05) is 13.2 Å². The van der Waals surface area contributed by atoms with Crippen LogP contribution in [0.25, 0.3) is 11.6 Å². The van der Waals surface area contributed by atoms with Crippen molar-refractivity contribution in [3.05, 3.63) is 64.9 Å². The summed E-state index contributed by atoms with van der Waals surface area (Å²) >= 11 is 0. The number of pyridine rings is 1. The van der Waals surface area contributed by atoms with Crippen molar-refractivity contribution >= 4 is 30.6 Å². The largest absolute Gasteiger partial charge is 0.459 e. The lowest BCUT2D eigenvalue weighted by atomic mass is 9.58. The van der Waals surface area contributed by atoms with E-state index in [4.69, 9.17) is 9.07 Å². The van der Waals surface area contributed by atoms with Gasteiger partial charge in [0.05, 0.1) is 23.6 Å². The number of aliphatic hydroxyl groups excluding tert-OH is 1. The molecule has 0 bridgehead atoms. The topological polar surface area (TPSA) is 113 Å². The molecule has 2 aromatic heterocycles. The van der Waals surface area contributed by atoms with Crippen LogP contribution >= 0.6 is 0 Å². The number of aliphatic hydroxyl groups is 1. The van der Waals surface area contributed by atoms with E-state index >= 15 is 0 Å². The Kier molecular flexibility index (Phi) is 6.97. The number of fused-ring (bicyclic) bond motifs is 3. The summed E-state index contributed by atoms with van der Waals surface area (Å²) in [6, 6.07) is 9.26. The second-order valence-electron chi connectivity index (χ2n) is 9.79. The molecule has 3 aliphatic rings. The van der Waals surface area contributed by atoms with E-state index in [2.05, 4.69) is 11.9 Å². The van der Waals surface area contributed by atoms with Crippen LogP contribution in [0.5, 0.6) is 0 Å². The smallest absolute Gasteiger partial charge is 0.455 e. The molecular formula is C27H31BN2O6. The third-order valence-electron chi connectivity index (χ3n) is 7.78. The van der Waals surface area contributed by atoms with Gasteiger partial charge in [0.1, 0.15) is 18.1 Å². The highest BCUT2D eigenvalue weighted by Gasteiger charge is 2.56. The Bertz CT molecular complexity index is 1210. The minimum atomic E-state index is -0.992. The molecule has 2 aromatic rings. The number of carbonyl (C=O) groups is 2. The number of nitrogens with zero attached hydrogens (tertiary/aromatic N) is 2. The van der Waals surface area contributed by atoms with Gasteiger partial charge in [0.25, 0.3) is 0 Å². The summed E-state index contributed by atoms with van der Waals surface area (Å²) in [5.41, 5.74) is 3.99. The van der Waals surface area contributed by atoms with Crippen molar-refractivity contribution in [2.45, 2.75) is 51.6 Å². The second kappa shape index (κ2) is 10.2. The molecule has 9 heteroatoms. The normalized spacial score (nSPS) is 26.5. The summed E-state index contributed by atoms with van der Waals surface area (Å²) in [5.74, 6) is -0.142. The lowest BCUT2D eigenvalue weighted by molar-refractivity contribution is -0.138. The highest BCUT2D eigenvalue weighted by atomic mass is 16.5. The lowest BCUT2D eigenvalue weighted by Crippen LogP contribution is -2.46. The minimum absolute atomic E-state index is 0.117. The van der Waals surface area contributed by atoms with Crippen molar-refractivity contribution in [3.8, 4) is 0 Å². The molecule has 4 atom stereocenters. The zero-order valence-corrected chi connectivity index (χ0v) is 20.6. The Balaban J connectivity index is 1.45. The second-order valence-corrected chi connectivity index (χ2v) is 9.79. The predicted molar refractivity (Wildman–Crippen MR) is 134 cm³/mol. The molecule has 2 saturated heterocycles. The van der Waals surface area contributed by atoms with Crippen LogP contribution in [-0.2, 0) is 20.9 Å². The van der Waals surface area contributed by atoms with Gasteiger partial charge < -0.3 is 19.2 Å². The lowest BCUT2D eigenvalue weighted by Gasteiger charge is -2.43. The van der Waals surface area contributed by atoms with Crippen LogP contribution in [-0.4, -0.2) is 52.1 Å². The summed E-state index contributed by atoms with van der Waals surface area (Å²) in [7, 11) is 0.566. The summed E-state index contributed by atoms with van der Waals surface area (Å²) in [6.45, 7) is 1.90. The van der Waals surface area contributed by atoms with Gasteiger partial charge in [-0.25, -0.2) is 0 Å². The van der Waals surface area contributed by atoms with E-state index in [1.807, 2.05) is 30.3 Å². The van der Waals surface area contributed by atoms with E-state index in [9.17, 15) is 19.7 Å². The maximum atomic E-state index is 13.0. The van der Waals surface area contributed by atoms with Gasteiger partial charge in [-0.3, -0.25) is 19.5 Å². The molecule has 2 aliphatic heterocycles. The summed E-state index contributed by atoms with van der Waals surface area (Å²) < 4.78 is 11.8. The Hall–Kier alpha value is -3.01. The van der Waals surface area contributed by atoms with Crippen molar-refractivity contribution in [1.82, 2.24) is 9.88 Å². The van der Waals surface area contributed by atoms with Crippen LogP contribution in [0.15, 0.2) is 52.1 Å². The number of hydrogen-bond donors (Lipinski definition) is 2. The zero-order chi connectivity index (χ0) is 25.4. The number of furan rings is 1. The number of amides is 2. The van der Waals surface area contributed by atoms with Crippen molar-refractivity contribution in [1.29, 1.82) is 0 Å². The van der Waals surface area contributed by atoms with Crippen LogP contribution in [0.1, 0.15) is 49.8 Å². The van der Waals surface area contributed by atoms with Crippen molar-refractivity contribution < 1.29 is 28.8 Å². The number of aromatic nitrogens is 1. The molecule has 36 heavy (non-hydrogen) atoms. The molecule has 5 rings (SSSR count). The zero-order valence-electron chi connectivity index (χ0n) is 20.6. The number of hydrogen-bond acceptors (Lipinski definition) is 7. The number of imide groups is 1. The first-order valence-corrected chi connectivity index (χ1v) is 12.6. The molecule has 4 heterocycles. The molecule has 0 unspecified atom stereocenters. The van der Waals surface area contributed by atoms with E-state index < -0.39 is 13.0 Å². The highest BCUT2D eigenvalue weighted by Crippen LogP contribution is 2.51. The van der Waals surface area contributed by atoms with E-state index in [-0.39, 0.29) is 36.4 Å². The maximum Gasteiger partial charge on any atom is 0.455 e. The summed E-state index contributed by atoms with van der Waals surface area (Å²) in [5, 5.41) is 20.0. The molecule has 2 amide bonds. The number of carbonyl (C=O) groups excluding carboxylic acids is 2. The molecule has 188 valence electrons. The molecule has 0 saturated carbocycles. The van der Waals surface area contributed by atoms with Gasteiger partial charge in [0.15, 0.2) is 0 Å². The molecular weight excluding hydrogens is 459 g/mol. The molecule has 0 spiro atoms. The molecule has 0 aromatic carbocycles. The van der Waals surface area contributed by atoms with Crippen molar-refractivity contribution in [3.63, 3.8) is 0 Å². The van der Waals surface area contributed by atoms with Crippen LogP contribution in [0.2, 0.25) is 6.32 Å². The van der Waals surface area contributed by atoms with E-state index in [0.717, 1.165) is 28.8 Å². The molecule has 1 aliphatic carbocycles. The quantitative estimate of drug-likeness (QED) is 0.348. The monoisotopic (exact) mass is 490 g/mol. The maximum absolute atomic E-state index is 13.0. The van der Waals surface area contributed by atoms with E-state index in [1.54, 1.807) is 19.3 Å². The minimum Gasteiger partial charge on any atom is -0.459 e. The van der Waals surface area contributed by atoms with Gasteiger partial charge in [-0.1, -0.05) is 18.6 Å². The molecule has 2 fully saturated rings. The average Bonchev–Trinajstić information content (AvgIpc) is 3.44. The van der Waals surface area contributed by atoms with Crippen LogP contribution in [0.4, 0.5) is 0 Å². The first-order valence-electron chi connectivity index (χ1n) is 12.6. The van der Waals surface area contributed by atoms with Gasteiger partial charge in [-0.15, -0.1) is 0 Å². The Morgan fingerprint density at radius 2 is 2.06 bits per heavy atom. The number of likely N-dealkylation sites (tertiary alicyclic amines) is 1. The SMILES string of the molecule is CCC1=C2[C@@H](CC/C(=C/c3ccc(CO)o3)c3ccccn3)OB(O)C[C@@H]2[C@@H]2C(=O)N(C)C(=O)[C@@H]2C1. The fourth-order valence-electron chi connectivity index (χ4n) is 6.10. The summed E-state index contributed by atoms with van der Waals surface area (Å²) in [4.78, 5) is 31.5. The number of rotatable bonds is 7. The van der Waals surface area contributed by atoms with Gasteiger partial charge in [-0.05, 0) is 79.4 Å². The van der Waals surface area contributed by atoms with Gasteiger partial charge in [0.2, 0.25) is 11.8 Å². The molecule has 0 radical (unpaired) electrons. The van der Waals surface area contributed by atoms with Gasteiger partial charge >= 0.3 is 7.12 Å². The van der Waals surface area contributed by atoms with E-state index in [0.29, 0.717) is 37.1 Å². The predicted octanol–water partition coefficient (Wildman–Crippen LogP) is 3.32. The Morgan fingerprint density at radius 1 is 1.22 bits per heavy atom. The number of allylic oxidation sites excluding steroid dienone is 2. The van der Waals surface area contributed by atoms with Crippen LogP contribution < -0.4 is 0 Å². The third kappa shape index (κ3) is 4.47. The van der Waals surface area contributed by atoms with Crippen molar-refractivity contribution in [2.75, 3.05) is 7.05 Å². The fourth-order valence-corrected chi connectivity index (χ4v) is 6.10. The third-order valence-corrected chi connectivity index (χ3v) is 7.78. The fraction of sp³-hybridized carbons (Fsp3) is 0.444. The Morgan fingerprint density at radius 3 is 2.75 bits per heavy atom. The Labute approximate surface area is 210 Å².